The first kappa shape index (κ1) is 14.1. The third-order valence-electron chi connectivity index (χ3n) is 2.52. The molecule has 94 valence electrons. The second-order valence-corrected chi connectivity index (χ2v) is 5.07. The van der Waals surface area contributed by atoms with Crippen molar-refractivity contribution in [2.45, 2.75) is 26.4 Å². The van der Waals surface area contributed by atoms with E-state index in [-0.39, 0.29) is 18.3 Å². The van der Waals surface area contributed by atoms with Gasteiger partial charge in [0.15, 0.2) is 0 Å². The van der Waals surface area contributed by atoms with E-state index in [2.05, 4.69) is 21.2 Å². The zero-order valence-corrected chi connectivity index (χ0v) is 11.4. The molecule has 0 aliphatic carbocycles. The zero-order valence-electron chi connectivity index (χ0n) is 9.84. The molecule has 3 N–H and O–H groups in total. The van der Waals surface area contributed by atoms with Gasteiger partial charge in [-0.2, -0.15) is 0 Å². The lowest BCUT2D eigenvalue weighted by atomic mass is 10.0. The van der Waals surface area contributed by atoms with Crippen LogP contribution in [0.1, 0.15) is 19.4 Å². The number of carbonyl (C=O) groups excluding carboxylic acids is 1. The molecule has 0 saturated heterocycles. The highest BCUT2D eigenvalue weighted by molar-refractivity contribution is 9.10. The molecule has 0 radical (unpaired) electrons. The highest BCUT2D eigenvalue weighted by Crippen LogP contribution is 2.18. The standard InChI is InChI=1S/C12H16BrFN2O/c1-7(2)11(12(15)17)16-6-8-4-3-5-9(13)10(8)14/h3-5,7,11,16H,6H2,1-2H3,(H2,15,17). The Hall–Kier alpha value is -0.940. The van der Waals surface area contributed by atoms with Crippen LogP contribution in [0.3, 0.4) is 0 Å². The summed E-state index contributed by atoms with van der Waals surface area (Å²) in [4.78, 5) is 11.2. The Kier molecular flexibility index (Phi) is 5.08. The van der Waals surface area contributed by atoms with E-state index in [0.29, 0.717) is 10.0 Å². The molecule has 0 saturated carbocycles. The number of nitrogens with one attached hydrogen (secondary N) is 1. The van der Waals surface area contributed by atoms with Crippen LogP contribution < -0.4 is 11.1 Å². The van der Waals surface area contributed by atoms with Gasteiger partial charge in [-0.1, -0.05) is 26.0 Å². The minimum Gasteiger partial charge on any atom is -0.368 e. The molecule has 0 aliphatic heterocycles. The number of hydrogen-bond donors (Lipinski definition) is 2. The highest BCUT2D eigenvalue weighted by Gasteiger charge is 2.19. The summed E-state index contributed by atoms with van der Waals surface area (Å²) in [6, 6.07) is 4.60. The van der Waals surface area contributed by atoms with Crippen LogP contribution in [-0.4, -0.2) is 11.9 Å². The topological polar surface area (TPSA) is 55.1 Å². The van der Waals surface area contributed by atoms with Gasteiger partial charge in [-0.05, 0) is 27.9 Å². The smallest absolute Gasteiger partial charge is 0.234 e. The monoisotopic (exact) mass is 302 g/mol. The SMILES string of the molecule is CC(C)C(NCc1cccc(Br)c1F)C(N)=O. The van der Waals surface area contributed by atoms with Crippen LogP contribution in [-0.2, 0) is 11.3 Å². The average Bonchev–Trinajstić information content (AvgIpc) is 2.23. The first-order valence-electron chi connectivity index (χ1n) is 5.39. The molecule has 0 heterocycles. The number of hydrogen-bond acceptors (Lipinski definition) is 2. The van der Waals surface area contributed by atoms with Crippen molar-refractivity contribution in [1.29, 1.82) is 0 Å². The molecule has 0 aliphatic rings. The highest BCUT2D eigenvalue weighted by atomic mass is 79.9. The molecule has 1 unspecified atom stereocenters. The molecule has 1 amide bonds. The Morgan fingerprint density at radius 1 is 1.53 bits per heavy atom. The summed E-state index contributed by atoms with van der Waals surface area (Å²) >= 11 is 3.12. The molecule has 0 fully saturated rings. The summed E-state index contributed by atoms with van der Waals surface area (Å²) in [6.45, 7) is 4.05. The molecular formula is C12H16BrFN2O. The van der Waals surface area contributed by atoms with Gasteiger partial charge < -0.3 is 11.1 Å². The predicted molar refractivity (Wildman–Crippen MR) is 68.8 cm³/mol. The second-order valence-electron chi connectivity index (χ2n) is 4.22. The van der Waals surface area contributed by atoms with Gasteiger partial charge in [-0.3, -0.25) is 4.79 Å². The Morgan fingerprint density at radius 3 is 2.71 bits per heavy atom. The summed E-state index contributed by atoms with van der Waals surface area (Å²) in [5.41, 5.74) is 5.77. The third kappa shape index (κ3) is 3.78. The zero-order chi connectivity index (χ0) is 13.0. The van der Waals surface area contributed by atoms with Crippen molar-refractivity contribution in [3.8, 4) is 0 Å². The van der Waals surface area contributed by atoms with E-state index in [0.717, 1.165) is 0 Å². The fourth-order valence-electron chi connectivity index (χ4n) is 1.57. The van der Waals surface area contributed by atoms with Crippen molar-refractivity contribution in [3.05, 3.63) is 34.1 Å². The van der Waals surface area contributed by atoms with Crippen molar-refractivity contribution in [3.63, 3.8) is 0 Å². The van der Waals surface area contributed by atoms with E-state index in [9.17, 15) is 9.18 Å². The van der Waals surface area contributed by atoms with Gasteiger partial charge >= 0.3 is 0 Å². The van der Waals surface area contributed by atoms with Crippen LogP contribution in [0, 0.1) is 11.7 Å². The van der Waals surface area contributed by atoms with Gasteiger partial charge in [0, 0.05) is 12.1 Å². The van der Waals surface area contributed by atoms with Crippen molar-refractivity contribution in [1.82, 2.24) is 5.32 Å². The number of carbonyl (C=O) groups is 1. The van der Waals surface area contributed by atoms with Crippen molar-refractivity contribution in [2.75, 3.05) is 0 Å². The van der Waals surface area contributed by atoms with Crippen molar-refractivity contribution in [2.24, 2.45) is 11.7 Å². The second kappa shape index (κ2) is 6.12. The van der Waals surface area contributed by atoms with Crippen LogP contribution in [0.5, 0.6) is 0 Å². The van der Waals surface area contributed by atoms with Gasteiger partial charge in [-0.25, -0.2) is 4.39 Å². The summed E-state index contributed by atoms with van der Waals surface area (Å²) in [6.07, 6.45) is 0. The number of rotatable bonds is 5. The lowest BCUT2D eigenvalue weighted by Gasteiger charge is -2.19. The quantitative estimate of drug-likeness (QED) is 0.876. The van der Waals surface area contributed by atoms with Crippen molar-refractivity contribution >= 4 is 21.8 Å². The van der Waals surface area contributed by atoms with Crippen LogP contribution in [0.15, 0.2) is 22.7 Å². The minimum absolute atomic E-state index is 0.0720. The maximum absolute atomic E-state index is 13.7. The fraction of sp³-hybridized carbons (Fsp3) is 0.417. The number of halogens is 2. The van der Waals surface area contributed by atoms with Gasteiger partial charge in [0.1, 0.15) is 5.82 Å². The number of benzene rings is 1. The first-order chi connectivity index (χ1) is 7.93. The molecule has 1 rings (SSSR count). The molecular weight excluding hydrogens is 287 g/mol. The molecule has 1 atom stereocenters. The number of primary amides is 1. The van der Waals surface area contributed by atoms with E-state index in [1.54, 1.807) is 18.2 Å². The summed E-state index contributed by atoms with van der Waals surface area (Å²) < 4.78 is 14.1. The Balaban J connectivity index is 2.72. The lowest BCUT2D eigenvalue weighted by molar-refractivity contribution is -0.121. The first-order valence-corrected chi connectivity index (χ1v) is 6.18. The normalized spacial score (nSPS) is 12.8. The fourth-order valence-corrected chi connectivity index (χ4v) is 1.98. The Morgan fingerprint density at radius 2 is 2.18 bits per heavy atom. The Bertz CT molecular complexity index is 409. The summed E-state index contributed by atoms with van der Waals surface area (Å²) in [5.74, 6) is -0.662. The van der Waals surface area contributed by atoms with Gasteiger partial charge in [0.2, 0.25) is 5.91 Å². The molecule has 17 heavy (non-hydrogen) atoms. The molecule has 5 heteroatoms. The van der Waals surface area contributed by atoms with E-state index in [4.69, 9.17) is 5.73 Å². The van der Waals surface area contributed by atoms with E-state index >= 15 is 0 Å². The summed E-state index contributed by atoms with van der Waals surface area (Å²) in [7, 11) is 0. The largest absolute Gasteiger partial charge is 0.368 e. The minimum atomic E-state index is -0.451. The lowest BCUT2D eigenvalue weighted by Crippen LogP contribution is -2.44. The van der Waals surface area contributed by atoms with Crippen molar-refractivity contribution < 1.29 is 9.18 Å². The Labute approximate surface area is 109 Å². The van der Waals surface area contributed by atoms with E-state index < -0.39 is 11.9 Å². The third-order valence-corrected chi connectivity index (χ3v) is 3.13. The molecule has 1 aromatic carbocycles. The predicted octanol–water partition coefficient (Wildman–Crippen LogP) is 2.19. The number of nitrogens with two attached hydrogens (primary N) is 1. The van der Waals surface area contributed by atoms with Gasteiger partial charge in [0.05, 0.1) is 10.5 Å². The molecule has 0 spiro atoms. The molecule has 0 bridgehead atoms. The van der Waals surface area contributed by atoms with Crippen LogP contribution in [0.2, 0.25) is 0 Å². The van der Waals surface area contributed by atoms with E-state index in [1.807, 2.05) is 13.8 Å². The summed E-state index contributed by atoms with van der Waals surface area (Å²) in [5, 5.41) is 2.97. The van der Waals surface area contributed by atoms with Gasteiger partial charge in [-0.15, -0.1) is 0 Å². The van der Waals surface area contributed by atoms with Gasteiger partial charge in [0.25, 0.3) is 0 Å². The molecule has 1 aromatic rings. The van der Waals surface area contributed by atoms with Crippen LogP contribution >= 0.6 is 15.9 Å². The van der Waals surface area contributed by atoms with Crippen LogP contribution in [0.25, 0.3) is 0 Å². The maximum atomic E-state index is 13.7. The molecule has 0 aromatic heterocycles. The average molecular weight is 303 g/mol. The van der Waals surface area contributed by atoms with E-state index in [1.165, 1.54) is 0 Å². The number of amides is 1. The van der Waals surface area contributed by atoms with Crippen LogP contribution in [0.4, 0.5) is 4.39 Å². The maximum Gasteiger partial charge on any atom is 0.234 e. The molecule has 3 nitrogen and oxygen atoms in total.